The molecule has 0 bridgehead atoms. The Morgan fingerprint density at radius 3 is 1.40 bits per heavy atom. The number of benzene rings is 6. The zero-order valence-electron chi connectivity index (χ0n) is 30.4. The van der Waals surface area contributed by atoms with E-state index in [1.165, 1.54) is 26.4 Å². The van der Waals surface area contributed by atoms with Crippen molar-refractivity contribution in [1.82, 2.24) is 0 Å². The lowest BCUT2D eigenvalue weighted by atomic mass is 10.0. The van der Waals surface area contributed by atoms with Crippen LogP contribution >= 0.6 is 0 Å². The summed E-state index contributed by atoms with van der Waals surface area (Å²) in [6, 6.07) is 15.0. The highest BCUT2D eigenvalue weighted by atomic mass is 32.2. The van der Waals surface area contributed by atoms with E-state index in [4.69, 9.17) is 20.9 Å². The van der Waals surface area contributed by atoms with E-state index in [1.807, 2.05) is 0 Å². The molecular formula is C34H30N6O16S4. The molecule has 60 heavy (non-hydrogen) atoms. The maximum atomic E-state index is 12.0. The van der Waals surface area contributed by atoms with Crippen LogP contribution in [0.3, 0.4) is 0 Å². The Bertz CT molecular complexity index is 3290. The summed E-state index contributed by atoms with van der Waals surface area (Å²) in [7, 11) is -17.7. The largest absolute Gasteiger partial charge is 0.505 e. The van der Waals surface area contributed by atoms with Gasteiger partial charge in [-0.1, -0.05) is 24.3 Å². The predicted octanol–water partition coefficient (Wildman–Crippen LogP) is 5.09. The number of fused-ring (bicyclic) bond motifs is 2. The van der Waals surface area contributed by atoms with Gasteiger partial charge in [0.2, 0.25) is 0 Å². The summed E-state index contributed by atoms with van der Waals surface area (Å²) in [5, 5.41) is 28.4. The number of rotatable bonds is 12. The van der Waals surface area contributed by atoms with Crippen molar-refractivity contribution in [1.29, 1.82) is 0 Å². The van der Waals surface area contributed by atoms with Gasteiger partial charge in [0.1, 0.15) is 48.2 Å². The highest BCUT2D eigenvalue weighted by Gasteiger charge is 2.28. The van der Waals surface area contributed by atoms with Gasteiger partial charge < -0.3 is 31.2 Å². The normalized spacial score (nSPS) is 12.6. The van der Waals surface area contributed by atoms with Crippen molar-refractivity contribution in [2.75, 3.05) is 36.5 Å². The minimum Gasteiger partial charge on any atom is -0.505 e. The number of phenols is 2. The third kappa shape index (κ3) is 8.07. The van der Waals surface area contributed by atoms with Crippen LogP contribution in [-0.2, 0) is 40.5 Å². The fourth-order valence-corrected chi connectivity index (χ4v) is 8.99. The van der Waals surface area contributed by atoms with Gasteiger partial charge in [-0.05, 0) is 59.7 Å². The Morgan fingerprint density at radius 2 is 0.900 bits per heavy atom. The lowest BCUT2D eigenvalue weighted by Crippen LogP contribution is -2.11. The van der Waals surface area contributed by atoms with Crippen molar-refractivity contribution in [2.24, 2.45) is 10.2 Å². The Balaban J connectivity index is 1.30. The number of hydrogen-bond acceptors (Lipinski definition) is 18. The number of methoxy groups -OCH3 is 2. The molecule has 6 aromatic rings. The second-order valence-corrected chi connectivity index (χ2v) is 18.0. The number of azo groups is 1. The monoisotopic (exact) mass is 906 g/mol. The highest BCUT2D eigenvalue weighted by molar-refractivity contribution is 7.87. The van der Waals surface area contributed by atoms with Crippen LogP contribution in [0.25, 0.3) is 32.7 Å². The first-order valence-electron chi connectivity index (χ1n) is 16.2. The van der Waals surface area contributed by atoms with E-state index < -0.39 is 93.7 Å². The van der Waals surface area contributed by atoms with E-state index in [9.17, 15) is 62.1 Å². The van der Waals surface area contributed by atoms with Gasteiger partial charge in [-0.3, -0.25) is 29.1 Å². The van der Waals surface area contributed by atoms with Crippen molar-refractivity contribution in [3.8, 4) is 34.1 Å². The molecule has 6 aromatic carbocycles. The lowest BCUT2D eigenvalue weighted by Gasteiger charge is -2.18. The summed E-state index contributed by atoms with van der Waals surface area (Å²) in [5.41, 5.74) is 17.0. The SMILES string of the molecule is COc1cc(-c2ccc(NNc3ccc4c(S(=O)(=O)O)cc(S(=O)(=O)O)c(N)c4c3O)c(OC)c2)ccc1N=Nc1ccc2c(S(=O)(=O)O)cc(S(=O)(=O)O)c(N)c2c1O. The molecule has 22 nitrogen and oxygen atoms in total. The van der Waals surface area contributed by atoms with Crippen molar-refractivity contribution in [2.45, 2.75) is 19.6 Å². The average molecular weight is 907 g/mol. The van der Waals surface area contributed by atoms with Crippen molar-refractivity contribution in [3.05, 3.63) is 72.8 Å². The number of nitrogen functional groups attached to an aromatic ring is 2. The first-order valence-corrected chi connectivity index (χ1v) is 22.0. The number of nitrogens with one attached hydrogen (secondary N) is 2. The van der Waals surface area contributed by atoms with Crippen molar-refractivity contribution >= 4 is 96.1 Å². The van der Waals surface area contributed by atoms with E-state index in [2.05, 4.69) is 21.1 Å². The van der Waals surface area contributed by atoms with Gasteiger partial charge >= 0.3 is 0 Å². The molecule has 0 amide bonds. The minimum atomic E-state index is -5.12. The van der Waals surface area contributed by atoms with Crippen LogP contribution in [0.1, 0.15) is 0 Å². The minimum absolute atomic E-state index is 0.122. The first kappa shape index (κ1) is 43.1. The summed E-state index contributed by atoms with van der Waals surface area (Å²) < 4.78 is 146. The third-order valence-corrected chi connectivity index (χ3v) is 12.5. The van der Waals surface area contributed by atoms with Crippen LogP contribution in [0.4, 0.5) is 34.1 Å². The zero-order chi connectivity index (χ0) is 44.3. The van der Waals surface area contributed by atoms with Gasteiger partial charge in [0.25, 0.3) is 40.5 Å². The molecule has 0 saturated heterocycles. The molecule has 0 unspecified atom stereocenters. The number of hydrogen-bond donors (Lipinski definition) is 10. The first-order chi connectivity index (χ1) is 27.9. The Morgan fingerprint density at radius 1 is 0.500 bits per heavy atom. The summed E-state index contributed by atoms with van der Waals surface area (Å²) in [6.07, 6.45) is 0. The van der Waals surface area contributed by atoms with Crippen molar-refractivity contribution in [3.63, 3.8) is 0 Å². The van der Waals surface area contributed by atoms with Crippen LogP contribution in [-0.4, -0.2) is 76.3 Å². The molecule has 0 aromatic heterocycles. The summed E-state index contributed by atoms with van der Waals surface area (Å²) >= 11 is 0. The Kier molecular flexibility index (Phi) is 11.0. The second kappa shape index (κ2) is 15.3. The fraction of sp³-hybridized carbons (Fsp3) is 0.0588. The van der Waals surface area contributed by atoms with Gasteiger partial charge in [-0.25, -0.2) is 0 Å². The number of anilines is 4. The maximum absolute atomic E-state index is 12.0. The molecule has 0 heterocycles. The van der Waals surface area contributed by atoms with Gasteiger partial charge in [0.15, 0.2) is 5.75 Å². The molecule has 12 N–H and O–H groups in total. The smallest absolute Gasteiger partial charge is 0.296 e. The second-order valence-electron chi connectivity index (χ2n) is 12.5. The number of ether oxygens (including phenoxy) is 2. The molecule has 0 aliphatic carbocycles. The molecule has 316 valence electrons. The molecule has 0 atom stereocenters. The summed E-state index contributed by atoms with van der Waals surface area (Å²) in [5.74, 6) is -1.16. The molecule has 6 rings (SSSR count). The summed E-state index contributed by atoms with van der Waals surface area (Å²) in [4.78, 5) is -4.05. The highest BCUT2D eigenvalue weighted by Crippen LogP contribution is 2.45. The Hall–Kier alpha value is -6.52. The van der Waals surface area contributed by atoms with Gasteiger partial charge in [0.05, 0.1) is 47.7 Å². The van der Waals surface area contributed by atoms with Crippen LogP contribution < -0.4 is 31.8 Å². The van der Waals surface area contributed by atoms with Crippen molar-refractivity contribution < 1.29 is 71.6 Å². The van der Waals surface area contributed by atoms with E-state index in [1.54, 1.807) is 30.3 Å². The van der Waals surface area contributed by atoms with E-state index in [0.717, 1.165) is 18.2 Å². The van der Waals surface area contributed by atoms with E-state index in [0.29, 0.717) is 28.9 Å². The van der Waals surface area contributed by atoms with Crippen LogP contribution in [0.15, 0.2) is 103 Å². The molecule has 0 radical (unpaired) electrons. The number of nitrogens with zero attached hydrogens (tertiary/aromatic N) is 2. The molecule has 0 aliphatic rings. The van der Waals surface area contributed by atoms with Gasteiger partial charge in [0, 0.05) is 10.8 Å². The topological polar surface area (TPSA) is 377 Å². The third-order valence-electron chi connectivity index (χ3n) is 8.88. The molecule has 0 saturated carbocycles. The van der Waals surface area contributed by atoms with Crippen LogP contribution in [0.5, 0.6) is 23.0 Å². The molecule has 26 heteroatoms. The fourth-order valence-electron chi connectivity index (χ4n) is 6.11. The molecule has 0 spiro atoms. The zero-order valence-corrected chi connectivity index (χ0v) is 33.6. The number of nitrogens with two attached hydrogens (primary N) is 2. The van der Waals surface area contributed by atoms with Gasteiger partial charge in [-0.15, -0.1) is 10.2 Å². The number of aromatic hydroxyl groups is 2. The lowest BCUT2D eigenvalue weighted by molar-refractivity contribution is 0.415. The quantitative estimate of drug-likeness (QED) is 0.0251. The molecule has 0 fully saturated rings. The predicted molar refractivity (Wildman–Crippen MR) is 216 cm³/mol. The molecule has 0 aliphatic heterocycles. The number of phenolic OH excluding ortho intramolecular Hbond substituents is 2. The Labute approximate surface area is 339 Å². The van der Waals surface area contributed by atoms with Crippen LogP contribution in [0, 0.1) is 0 Å². The molecular weight excluding hydrogens is 877 g/mol. The summed E-state index contributed by atoms with van der Waals surface area (Å²) in [6.45, 7) is 0. The standard InChI is InChI=1S/C34H30N6O16S4/c1-55-23-11-15(3-7-19(23)37-39-21-9-5-17-25(57(43,44)45)13-27(59(49,50)51)31(35)29(17)33(21)41)16-4-8-20(24(12-16)56-2)38-40-22-10-6-18-26(58(46,47)48)14-28(60(52,53)54)32(36)30(18)34(22)42/h3-14,37,39,41-42H,35-36H2,1-2H3,(H,43,44,45)(H,46,47,48)(H,49,50,51)(H,52,53,54). The maximum Gasteiger partial charge on any atom is 0.296 e. The number of hydrazine groups is 1. The van der Waals surface area contributed by atoms with E-state index in [-0.39, 0.29) is 39.3 Å². The van der Waals surface area contributed by atoms with E-state index >= 15 is 0 Å². The van der Waals surface area contributed by atoms with Gasteiger partial charge in [-0.2, -0.15) is 33.7 Å². The average Bonchev–Trinajstić information content (AvgIpc) is 3.15. The van der Waals surface area contributed by atoms with Crippen LogP contribution in [0.2, 0.25) is 0 Å².